The first kappa shape index (κ1) is 23.0. The lowest BCUT2D eigenvalue weighted by Gasteiger charge is -2.14. The van der Waals surface area contributed by atoms with Crippen LogP contribution in [0.1, 0.15) is 27.8 Å². The van der Waals surface area contributed by atoms with Gasteiger partial charge in [0.1, 0.15) is 11.4 Å². The summed E-state index contributed by atoms with van der Waals surface area (Å²) in [4.78, 5) is 47.3. The minimum atomic E-state index is -1.24. The normalized spacial score (nSPS) is 11.2. The molecule has 2 aromatic carbocycles. The molecule has 0 saturated heterocycles. The molecule has 2 N–H and O–H groups in total. The van der Waals surface area contributed by atoms with E-state index in [-0.39, 0.29) is 28.4 Å². The summed E-state index contributed by atoms with van der Waals surface area (Å²) in [5.41, 5.74) is 0.130. The maximum atomic E-state index is 12.4. The molecular formula is C22H19N3O8. The van der Waals surface area contributed by atoms with Gasteiger partial charge in [-0.25, -0.2) is 4.79 Å². The number of nitro groups is 1. The van der Waals surface area contributed by atoms with Gasteiger partial charge in [0, 0.05) is 5.69 Å². The van der Waals surface area contributed by atoms with Gasteiger partial charge in [-0.2, -0.15) is 0 Å². The summed E-state index contributed by atoms with van der Waals surface area (Å²) < 4.78 is 15.1. The summed E-state index contributed by atoms with van der Waals surface area (Å²) in [7, 11) is 1.36. The first-order valence-corrected chi connectivity index (χ1v) is 9.57. The molecule has 0 bridgehead atoms. The highest BCUT2D eigenvalue weighted by Gasteiger charge is 2.23. The van der Waals surface area contributed by atoms with E-state index < -0.39 is 28.8 Å². The average Bonchev–Trinajstić information content (AvgIpc) is 3.34. The maximum absolute atomic E-state index is 12.4. The van der Waals surface area contributed by atoms with Crippen LogP contribution in [-0.2, 0) is 9.53 Å². The van der Waals surface area contributed by atoms with Gasteiger partial charge in [-0.15, -0.1) is 0 Å². The summed E-state index contributed by atoms with van der Waals surface area (Å²) in [5, 5.41) is 16.2. The fraction of sp³-hybridized carbons (Fsp3) is 0.136. The second-order valence-corrected chi connectivity index (χ2v) is 6.69. The third kappa shape index (κ3) is 5.73. The molecule has 33 heavy (non-hydrogen) atoms. The Bertz CT molecular complexity index is 1170. The Morgan fingerprint density at radius 1 is 1.06 bits per heavy atom. The van der Waals surface area contributed by atoms with Gasteiger partial charge in [-0.3, -0.25) is 19.7 Å². The number of ether oxygens (including phenoxy) is 2. The molecule has 0 aliphatic heterocycles. The number of carbonyl (C=O) groups excluding carboxylic acids is 3. The fourth-order valence-electron chi connectivity index (χ4n) is 2.70. The zero-order valence-corrected chi connectivity index (χ0v) is 17.6. The van der Waals surface area contributed by atoms with Gasteiger partial charge in [0.15, 0.2) is 11.9 Å². The number of nitro benzene ring substituents is 1. The Kier molecular flexibility index (Phi) is 7.03. The molecule has 11 nitrogen and oxygen atoms in total. The Morgan fingerprint density at radius 3 is 2.39 bits per heavy atom. The minimum Gasteiger partial charge on any atom is -0.496 e. The van der Waals surface area contributed by atoms with Gasteiger partial charge in [0.2, 0.25) is 0 Å². The van der Waals surface area contributed by atoms with Crippen LogP contribution in [0.5, 0.6) is 5.75 Å². The molecular weight excluding hydrogens is 434 g/mol. The Balaban J connectivity index is 1.60. The van der Waals surface area contributed by atoms with E-state index in [9.17, 15) is 24.5 Å². The smallest absolute Gasteiger partial charge is 0.338 e. The van der Waals surface area contributed by atoms with Gasteiger partial charge >= 0.3 is 5.97 Å². The van der Waals surface area contributed by atoms with Gasteiger partial charge < -0.3 is 24.5 Å². The molecule has 3 aromatic rings. The van der Waals surface area contributed by atoms with E-state index in [2.05, 4.69) is 10.6 Å². The molecule has 11 heteroatoms. The zero-order chi connectivity index (χ0) is 24.0. The van der Waals surface area contributed by atoms with Gasteiger partial charge in [0.05, 0.1) is 29.9 Å². The van der Waals surface area contributed by atoms with Crippen LogP contribution in [0.25, 0.3) is 0 Å². The summed E-state index contributed by atoms with van der Waals surface area (Å²) >= 11 is 0. The summed E-state index contributed by atoms with van der Waals surface area (Å²) in [6.07, 6.45) is 0.135. The van der Waals surface area contributed by atoms with Gasteiger partial charge in [-0.1, -0.05) is 0 Å². The molecule has 3 rings (SSSR count). The summed E-state index contributed by atoms with van der Waals surface area (Å²) in [6, 6.07) is 12.8. The number of furan rings is 1. The molecule has 170 valence electrons. The van der Waals surface area contributed by atoms with Crippen LogP contribution in [-0.4, -0.2) is 35.9 Å². The number of nitrogens with zero attached hydrogens (tertiary/aromatic N) is 1. The first-order chi connectivity index (χ1) is 15.8. The van der Waals surface area contributed by atoms with E-state index in [1.165, 1.54) is 68.8 Å². The molecule has 0 spiro atoms. The van der Waals surface area contributed by atoms with Crippen LogP contribution in [0.15, 0.2) is 65.3 Å². The van der Waals surface area contributed by atoms with Gasteiger partial charge in [-0.05, 0) is 55.5 Å². The number of benzene rings is 2. The minimum absolute atomic E-state index is 0.0645. The number of esters is 1. The van der Waals surface area contributed by atoms with E-state index in [0.717, 1.165) is 0 Å². The highest BCUT2D eigenvalue weighted by atomic mass is 16.6. The number of methoxy groups -OCH3 is 1. The fourth-order valence-corrected chi connectivity index (χ4v) is 2.70. The first-order valence-electron chi connectivity index (χ1n) is 9.57. The molecule has 0 aliphatic rings. The molecule has 1 unspecified atom stereocenters. The summed E-state index contributed by atoms with van der Waals surface area (Å²) in [6.45, 7) is 1.33. The van der Waals surface area contributed by atoms with Crippen LogP contribution < -0.4 is 15.4 Å². The molecule has 0 radical (unpaired) electrons. The van der Waals surface area contributed by atoms with Crippen molar-refractivity contribution in [1.29, 1.82) is 0 Å². The quantitative estimate of drug-likeness (QED) is 0.298. The highest BCUT2D eigenvalue weighted by molar-refractivity contribution is 6.02. The topological polar surface area (TPSA) is 150 Å². The van der Waals surface area contributed by atoms with E-state index in [0.29, 0.717) is 5.69 Å². The third-order valence-corrected chi connectivity index (χ3v) is 4.44. The lowest BCUT2D eigenvalue weighted by atomic mass is 10.2. The number of carbonyl (C=O) groups is 3. The van der Waals surface area contributed by atoms with Crippen LogP contribution in [0, 0.1) is 10.1 Å². The van der Waals surface area contributed by atoms with Crippen LogP contribution in [0.4, 0.5) is 17.1 Å². The van der Waals surface area contributed by atoms with Crippen molar-refractivity contribution >= 4 is 34.8 Å². The van der Waals surface area contributed by atoms with E-state index in [1.807, 2.05) is 0 Å². The second-order valence-electron chi connectivity index (χ2n) is 6.69. The van der Waals surface area contributed by atoms with E-state index >= 15 is 0 Å². The second kappa shape index (κ2) is 10.1. The largest absolute Gasteiger partial charge is 0.496 e. The van der Waals surface area contributed by atoms with Crippen molar-refractivity contribution in [3.63, 3.8) is 0 Å². The van der Waals surface area contributed by atoms with Crippen molar-refractivity contribution in [2.75, 3.05) is 17.7 Å². The average molecular weight is 453 g/mol. The number of anilines is 2. The van der Waals surface area contributed by atoms with Crippen molar-refractivity contribution in [3.8, 4) is 5.75 Å². The van der Waals surface area contributed by atoms with Crippen molar-refractivity contribution in [3.05, 3.63) is 82.3 Å². The highest BCUT2D eigenvalue weighted by Crippen LogP contribution is 2.29. The standard InChI is InChI=1S/C22H19N3O8/c1-13(20(26)24-17-10-9-16(31-2)12-18(17)25(29)30)33-22(28)14-5-7-15(8-6-14)23-21(27)19-4-3-11-32-19/h3-13H,1-2H3,(H,23,27)(H,24,26). The van der Waals surface area contributed by atoms with Crippen LogP contribution >= 0.6 is 0 Å². The van der Waals surface area contributed by atoms with E-state index in [4.69, 9.17) is 13.9 Å². The number of hydrogen-bond acceptors (Lipinski definition) is 8. The van der Waals surface area contributed by atoms with Crippen molar-refractivity contribution in [2.24, 2.45) is 0 Å². The molecule has 0 fully saturated rings. The molecule has 0 aliphatic carbocycles. The lowest BCUT2D eigenvalue weighted by Crippen LogP contribution is -2.30. The van der Waals surface area contributed by atoms with Crippen LogP contribution in [0.3, 0.4) is 0 Å². The number of hydrogen-bond donors (Lipinski definition) is 2. The van der Waals surface area contributed by atoms with E-state index in [1.54, 1.807) is 6.07 Å². The number of amides is 2. The monoisotopic (exact) mass is 453 g/mol. The third-order valence-electron chi connectivity index (χ3n) is 4.44. The predicted octanol–water partition coefficient (Wildman–Crippen LogP) is 3.63. The molecule has 2 amide bonds. The van der Waals surface area contributed by atoms with Gasteiger partial charge in [0.25, 0.3) is 17.5 Å². The van der Waals surface area contributed by atoms with Crippen molar-refractivity contribution in [2.45, 2.75) is 13.0 Å². The maximum Gasteiger partial charge on any atom is 0.338 e. The lowest BCUT2D eigenvalue weighted by molar-refractivity contribution is -0.384. The number of nitrogens with one attached hydrogen (secondary N) is 2. The molecule has 1 aromatic heterocycles. The molecule has 0 saturated carbocycles. The predicted molar refractivity (Wildman–Crippen MR) is 116 cm³/mol. The SMILES string of the molecule is COc1ccc(NC(=O)C(C)OC(=O)c2ccc(NC(=O)c3ccco3)cc2)c([N+](=O)[O-])c1. The summed E-state index contributed by atoms with van der Waals surface area (Å²) in [5.74, 6) is -1.60. The molecule has 1 heterocycles. The number of rotatable bonds is 8. The van der Waals surface area contributed by atoms with Crippen molar-refractivity contribution < 1.29 is 33.2 Å². The Labute approximate surface area is 187 Å². The van der Waals surface area contributed by atoms with Crippen molar-refractivity contribution in [1.82, 2.24) is 0 Å². The Morgan fingerprint density at radius 2 is 1.79 bits per heavy atom. The molecule has 1 atom stereocenters. The Hall–Kier alpha value is -4.67. The van der Waals surface area contributed by atoms with Crippen LogP contribution in [0.2, 0.25) is 0 Å². The zero-order valence-electron chi connectivity index (χ0n) is 17.6.